The van der Waals surface area contributed by atoms with E-state index in [0.29, 0.717) is 11.3 Å². The molecule has 0 amide bonds. The number of nitrogens with zero attached hydrogens (tertiary/aromatic N) is 2. The fourth-order valence-electron chi connectivity index (χ4n) is 0.967. The van der Waals surface area contributed by atoms with Gasteiger partial charge in [-0.05, 0) is 19.1 Å². The molecule has 1 aromatic rings. The van der Waals surface area contributed by atoms with Crippen LogP contribution >= 0.6 is 11.3 Å². The van der Waals surface area contributed by atoms with Crippen molar-refractivity contribution < 1.29 is 25.1 Å². The topological polar surface area (TPSA) is 46.9 Å². The summed E-state index contributed by atoms with van der Waals surface area (Å²) in [6, 6.07) is 2.21. The Kier molecular flexibility index (Phi) is 1.13. The second-order valence-corrected chi connectivity index (χ2v) is 3.76. The highest BCUT2D eigenvalue weighted by atomic mass is 32.1. The maximum Gasteiger partial charge on any atom is 0.499 e. The van der Waals surface area contributed by atoms with Gasteiger partial charge in [-0.3, -0.25) is 0 Å². The van der Waals surface area contributed by atoms with Crippen molar-refractivity contribution in [3.05, 3.63) is 12.1 Å². The average molecular weight is 237 g/mol. The van der Waals surface area contributed by atoms with Crippen molar-refractivity contribution in [2.24, 2.45) is 0 Å². The summed E-state index contributed by atoms with van der Waals surface area (Å²) >= 11 is 0.516. The number of anilines is 1. The van der Waals surface area contributed by atoms with Gasteiger partial charge in [-0.1, -0.05) is 0 Å². The van der Waals surface area contributed by atoms with E-state index in [1.807, 2.05) is 0 Å². The summed E-state index contributed by atoms with van der Waals surface area (Å²) in [6.07, 6.45) is 0. The first-order valence-corrected chi connectivity index (χ1v) is 4.78. The molecule has 6 heteroatoms. The molecule has 0 radical (unpaired) electrons. The number of rotatable bonds is 2. The second-order valence-electron chi connectivity index (χ2n) is 2.67. The highest BCUT2D eigenvalue weighted by Gasteiger charge is 2.19. The molecule has 0 bridgehead atoms. The SMILES string of the molecule is [2H]C([2H])([2H])N1C([2H])([2H])C([2H])([2H])N(c2ccc(B(O)O)s2)C([2H])([2H])C1([2H])[2H]. The van der Waals surface area contributed by atoms with Gasteiger partial charge in [0.25, 0.3) is 0 Å². The molecule has 15 heavy (non-hydrogen) atoms. The highest BCUT2D eigenvalue weighted by Crippen LogP contribution is 2.21. The number of hydrogen-bond donors (Lipinski definition) is 2. The summed E-state index contributed by atoms with van der Waals surface area (Å²) in [7, 11) is -1.94. The molecule has 0 aromatic carbocycles. The third kappa shape index (κ3) is 2.52. The summed E-state index contributed by atoms with van der Waals surface area (Å²) in [4.78, 5) is -0.252. The van der Waals surface area contributed by atoms with Crippen LogP contribution in [0.2, 0.25) is 0 Å². The van der Waals surface area contributed by atoms with Crippen molar-refractivity contribution in [1.82, 2.24) is 4.90 Å². The normalized spacial score (nSPS) is 43.3. The fourth-order valence-corrected chi connectivity index (χ4v) is 1.77. The second kappa shape index (κ2) is 4.53. The van der Waals surface area contributed by atoms with E-state index < -0.39 is 45.0 Å². The van der Waals surface area contributed by atoms with Crippen molar-refractivity contribution in [3.8, 4) is 0 Å². The maximum absolute atomic E-state index is 9.18. The van der Waals surface area contributed by atoms with Crippen LogP contribution in [0.15, 0.2) is 12.1 Å². The monoisotopic (exact) mass is 237 g/mol. The van der Waals surface area contributed by atoms with E-state index in [1.54, 1.807) is 0 Å². The fraction of sp³-hybridized carbons (Fsp3) is 0.556. The summed E-state index contributed by atoms with van der Waals surface area (Å²) in [5.74, 6) is 0. The van der Waals surface area contributed by atoms with E-state index in [0.717, 1.165) is 12.1 Å². The van der Waals surface area contributed by atoms with Crippen LogP contribution in [0.3, 0.4) is 0 Å². The standard InChI is InChI=1S/C9H15BN2O2S/c1-11-4-6-12(7-5-11)9-3-2-8(15-9)10(13)14/h2-3,13-14H,4-7H2,1H3/i1D3,4D2,5D2,6D2,7D2. The molecule has 1 saturated heterocycles. The molecular weight excluding hydrogens is 211 g/mol. The molecular formula is C9H15BN2O2S. The van der Waals surface area contributed by atoms with Crippen LogP contribution in [0.5, 0.6) is 0 Å². The molecule has 2 N–H and O–H groups in total. The lowest BCUT2D eigenvalue weighted by atomic mass is 9.90. The Balaban J connectivity index is 2.74. The summed E-state index contributed by atoms with van der Waals surface area (Å²) in [5.41, 5.74) is 0. The van der Waals surface area contributed by atoms with Crippen LogP contribution in [0.25, 0.3) is 0 Å². The number of thiophene rings is 1. The Labute approximate surface area is 109 Å². The van der Waals surface area contributed by atoms with E-state index in [2.05, 4.69) is 0 Å². The molecule has 2 rings (SSSR count). The van der Waals surface area contributed by atoms with Crippen LogP contribution in [0.4, 0.5) is 5.00 Å². The quantitative estimate of drug-likeness (QED) is 0.660. The van der Waals surface area contributed by atoms with Gasteiger partial charge in [-0.25, -0.2) is 0 Å². The maximum atomic E-state index is 9.18. The zero-order chi connectivity index (χ0) is 20.5. The van der Waals surface area contributed by atoms with Gasteiger partial charge in [0.15, 0.2) is 0 Å². The molecule has 1 fully saturated rings. The smallest absolute Gasteiger partial charge is 0.423 e. The predicted molar refractivity (Wildman–Crippen MR) is 63.9 cm³/mol. The Morgan fingerprint density at radius 3 is 2.67 bits per heavy atom. The first-order chi connectivity index (χ1) is 11.4. The molecule has 82 valence electrons. The van der Waals surface area contributed by atoms with Crippen molar-refractivity contribution in [3.63, 3.8) is 0 Å². The number of piperazine rings is 1. The summed E-state index contributed by atoms with van der Waals surface area (Å²) < 4.78 is 86.2. The lowest BCUT2D eigenvalue weighted by Crippen LogP contribution is -2.44. The molecule has 1 aliphatic rings. The summed E-state index contributed by atoms with van der Waals surface area (Å²) in [5, 5.41) is 18.0. The van der Waals surface area contributed by atoms with E-state index in [1.165, 1.54) is 0 Å². The zero-order valence-electron chi connectivity index (χ0n) is 18.4. The lowest BCUT2D eigenvalue weighted by molar-refractivity contribution is 0.313. The van der Waals surface area contributed by atoms with Crippen LogP contribution in [0, 0.1) is 0 Å². The summed E-state index contributed by atoms with van der Waals surface area (Å²) in [6.45, 7) is -17.0. The van der Waals surface area contributed by atoms with Gasteiger partial charge >= 0.3 is 7.12 Å². The minimum atomic E-state index is -3.47. The van der Waals surface area contributed by atoms with Gasteiger partial charge in [0.2, 0.25) is 0 Å². The van der Waals surface area contributed by atoms with E-state index >= 15 is 0 Å². The Morgan fingerprint density at radius 2 is 2.13 bits per heavy atom. The lowest BCUT2D eigenvalue weighted by Gasteiger charge is -2.32. The molecule has 0 saturated carbocycles. The van der Waals surface area contributed by atoms with Crippen LogP contribution in [-0.2, 0) is 0 Å². The Hall–Kier alpha value is -0.555. The first kappa shape index (κ1) is 3.73. The molecule has 2 heterocycles. The molecule has 1 aromatic heterocycles. The van der Waals surface area contributed by atoms with Crippen LogP contribution in [0.1, 0.15) is 15.1 Å². The average Bonchev–Trinajstić information content (AvgIpc) is 2.83. The van der Waals surface area contributed by atoms with Crippen molar-refractivity contribution in [2.45, 2.75) is 0 Å². The highest BCUT2D eigenvalue weighted by molar-refractivity contribution is 7.25. The van der Waals surface area contributed by atoms with Gasteiger partial charge in [0, 0.05) is 40.4 Å². The molecule has 4 nitrogen and oxygen atoms in total. The number of likely N-dealkylation sites (N-methyl/N-ethyl adjacent to an activating group) is 1. The first-order valence-electron chi connectivity index (χ1n) is 9.47. The van der Waals surface area contributed by atoms with E-state index in [-0.39, 0.29) is 14.7 Å². The third-order valence-electron chi connectivity index (χ3n) is 1.63. The molecule has 0 aliphatic carbocycles. The van der Waals surface area contributed by atoms with Crippen molar-refractivity contribution in [2.75, 3.05) is 37.9 Å². The van der Waals surface area contributed by atoms with Gasteiger partial charge in [0.1, 0.15) is 0 Å². The molecule has 0 unspecified atom stereocenters. The van der Waals surface area contributed by atoms with Crippen LogP contribution in [-0.4, -0.2) is 55.0 Å². The van der Waals surface area contributed by atoms with Crippen molar-refractivity contribution in [1.29, 1.82) is 0 Å². The molecule has 0 spiro atoms. The minimum absolute atomic E-state index is 0.106. The Bertz CT molecular complexity index is 663. The minimum Gasteiger partial charge on any atom is -0.423 e. The zero-order valence-corrected chi connectivity index (χ0v) is 8.25. The van der Waals surface area contributed by atoms with E-state index in [9.17, 15) is 10.0 Å². The van der Waals surface area contributed by atoms with Gasteiger partial charge < -0.3 is 19.8 Å². The predicted octanol–water partition coefficient (Wildman–Crippen LogP) is -0.820. The van der Waals surface area contributed by atoms with E-state index in [4.69, 9.17) is 15.1 Å². The van der Waals surface area contributed by atoms with Crippen molar-refractivity contribution >= 4 is 28.2 Å². The van der Waals surface area contributed by atoms with Gasteiger partial charge in [-0.15, -0.1) is 11.3 Å². The van der Waals surface area contributed by atoms with Crippen LogP contribution < -0.4 is 9.68 Å². The van der Waals surface area contributed by atoms with Gasteiger partial charge in [0.05, 0.1) is 10.5 Å². The third-order valence-corrected chi connectivity index (χ3v) is 2.75. The molecule has 1 aliphatic heterocycles. The Morgan fingerprint density at radius 1 is 1.40 bits per heavy atom. The van der Waals surface area contributed by atoms with Gasteiger partial charge in [-0.2, -0.15) is 0 Å². The molecule has 0 atom stereocenters. The largest absolute Gasteiger partial charge is 0.499 e. The number of hydrogen-bond acceptors (Lipinski definition) is 5.